The summed E-state index contributed by atoms with van der Waals surface area (Å²) >= 11 is 0. The van der Waals surface area contributed by atoms with Crippen molar-refractivity contribution in [1.82, 2.24) is 5.32 Å². The van der Waals surface area contributed by atoms with Gasteiger partial charge in [-0.15, -0.1) is 12.4 Å². The van der Waals surface area contributed by atoms with Crippen molar-refractivity contribution in [3.05, 3.63) is 17.7 Å². The van der Waals surface area contributed by atoms with Gasteiger partial charge in [-0.2, -0.15) is 0 Å². The lowest BCUT2D eigenvalue weighted by Gasteiger charge is -2.34. The lowest BCUT2D eigenvalue weighted by Crippen LogP contribution is -2.48. The van der Waals surface area contributed by atoms with Crippen LogP contribution < -0.4 is 25.3 Å². The number of benzene rings is 1. The van der Waals surface area contributed by atoms with Crippen LogP contribution in [0.1, 0.15) is 18.4 Å². The monoisotopic (exact) mass is 374 g/mol. The summed E-state index contributed by atoms with van der Waals surface area (Å²) in [7, 11) is 4.67. The van der Waals surface area contributed by atoms with Gasteiger partial charge < -0.3 is 30.0 Å². The van der Waals surface area contributed by atoms with E-state index < -0.39 is 5.41 Å². The second kappa shape index (κ2) is 9.70. The number of nitrogens with one attached hydrogen (secondary N) is 1. The quantitative estimate of drug-likeness (QED) is 0.751. The number of methoxy groups -OCH3 is 3. The van der Waals surface area contributed by atoms with Crippen LogP contribution in [0.4, 0.5) is 0 Å². The van der Waals surface area contributed by atoms with E-state index in [0.717, 1.165) is 5.56 Å². The molecule has 0 unspecified atom stereocenters. The fourth-order valence-corrected chi connectivity index (χ4v) is 2.89. The molecule has 25 heavy (non-hydrogen) atoms. The van der Waals surface area contributed by atoms with Crippen LogP contribution in [0.5, 0.6) is 17.2 Å². The van der Waals surface area contributed by atoms with Crippen LogP contribution in [-0.4, -0.2) is 47.0 Å². The number of carbonyl (C=O) groups excluding carboxylic acids is 1. The Morgan fingerprint density at radius 1 is 1.16 bits per heavy atom. The smallest absolute Gasteiger partial charge is 0.227 e. The molecule has 0 bridgehead atoms. The molecule has 1 aromatic rings. The molecule has 3 N–H and O–H groups in total. The van der Waals surface area contributed by atoms with Gasteiger partial charge in [0.25, 0.3) is 0 Å². The minimum absolute atomic E-state index is 0. The highest BCUT2D eigenvalue weighted by Gasteiger charge is 2.38. The van der Waals surface area contributed by atoms with Gasteiger partial charge in [0.2, 0.25) is 11.7 Å². The first-order chi connectivity index (χ1) is 11.6. The Balaban J connectivity index is 0.00000312. The molecule has 0 aliphatic carbocycles. The highest BCUT2D eigenvalue weighted by Crippen LogP contribution is 2.38. The Morgan fingerprint density at radius 3 is 2.16 bits per heavy atom. The van der Waals surface area contributed by atoms with Crippen molar-refractivity contribution in [2.75, 3.05) is 41.1 Å². The predicted octanol–water partition coefficient (Wildman–Crippen LogP) is 1.51. The molecule has 1 aromatic carbocycles. The van der Waals surface area contributed by atoms with Gasteiger partial charge in [0.05, 0.1) is 26.7 Å². The second-order valence-corrected chi connectivity index (χ2v) is 5.81. The maximum Gasteiger partial charge on any atom is 0.227 e. The molecular weight excluding hydrogens is 348 g/mol. The third-order valence-electron chi connectivity index (χ3n) is 4.50. The summed E-state index contributed by atoms with van der Waals surface area (Å²) in [6.45, 7) is 1.80. The van der Waals surface area contributed by atoms with Crippen molar-refractivity contribution in [3.63, 3.8) is 0 Å². The first-order valence-electron chi connectivity index (χ1n) is 7.95. The Morgan fingerprint density at radius 2 is 1.72 bits per heavy atom. The summed E-state index contributed by atoms with van der Waals surface area (Å²) in [5.41, 5.74) is 6.18. The molecule has 1 saturated heterocycles. The zero-order valence-electron chi connectivity index (χ0n) is 14.9. The second-order valence-electron chi connectivity index (χ2n) is 5.81. The Labute approximate surface area is 154 Å². The van der Waals surface area contributed by atoms with E-state index in [9.17, 15) is 4.79 Å². The van der Waals surface area contributed by atoms with Gasteiger partial charge in [0, 0.05) is 26.3 Å². The number of carbonyl (C=O) groups is 1. The molecule has 0 radical (unpaired) electrons. The van der Waals surface area contributed by atoms with Gasteiger partial charge in [0.15, 0.2) is 11.5 Å². The zero-order valence-corrected chi connectivity index (χ0v) is 15.7. The first kappa shape index (κ1) is 21.3. The fourth-order valence-electron chi connectivity index (χ4n) is 2.89. The topological polar surface area (TPSA) is 92.0 Å². The van der Waals surface area contributed by atoms with Crippen molar-refractivity contribution in [2.45, 2.75) is 19.4 Å². The number of hydrogen-bond acceptors (Lipinski definition) is 6. The minimum Gasteiger partial charge on any atom is -0.493 e. The van der Waals surface area contributed by atoms with Crippen LogP contribution in [0, 0.1) is 5.41 Å². The molecule has 142 valence electrons. The predicted molar refractivity (Wildman–Crippen MR) is 96.7 cm³/mol. The molecule has 1 aliphatic rings. The molecule has 1 heterocycles. The Kier molecular flexibility index (Phi) is 8.28. The summed E-state index contributed by atoms with van der Waals surface area (Å²) < 4.78 is 21.3. The van der Waals surface area contributed by atoms with E-state index in [2.05, 4.69) is 5.32 Å². The van der Waals surface area contributed by atoms with Crippen molar-refractivity contribution in [1.29, 1.82) is 0 Å². The first-order valence-corrected chi connectivity index (χ1v) is 7.95. The lowest BCUT2D eigenvalue weighted by molar-refractivity contribution is -0.136. The molecule has 0 spiro atoms. The number of rotatable bonds is 7. The zero-order chi connectivity index (χ0) is 17.6. The largest absolute Gasteiger partial charge is 0.493 e. The molecule has 1 amide bonds. The molecular formula is C17H27ClN2O5. The summed E-state index contributed by atoms with van der Waals surface area (Å²) in [6.07, 6.45) is 1.29. The van der Waals surface area contributed by atoms with E-state index in [1.165, 1.54) is 0 Å². The van der Waals surface area contributed by atoms with Crippen LogP contribution in [0.3, 0.4) is 0 Å². The van der Waals surface area contributed by atoms with E-state index in [0.29, 0.717) is 56.4 Å². The molecule has 2 rings (SSSR count). The standard InChI is InChI=1S/C17H26N2O5.ClH/c1-21-13-8-12(9-14(22-2)15(13)23-3)10-19-16(20)17(11-18)4-6-24-7-5-17;/h8-9H,4-7,10-11,18H2,1-3H3,(H,19,20);1H. The Bertz CT molecular complexity index is 551. The van der Waals surface area contributed by atoms with E-state index in [4.69, 9.17) is 24.7 Å². The van der Waals surface area contributed by atoms with E-state index in [1.54, 1.807) is 21.3 Å². The van der Waals surface area contributed by atoms with E-state index >= 15 is 0 Å². The van der Waals surface area contributed by atoms with Crippen molar-refractivity contribution in [3.8, 4) is 17.2 Å². The molecule has 8 heteroatoms. The van der Waals surface area contributed by atoms with Crippen LogP contribution in [0.15, 0.2) is 12.1 Å². The van der Waals surface area contributed by atoms with Crippen LogP contribution >= 0.6 is 12.4 Å². The van der Waals surface area contributed by atoms with Crippen LogP contribution in [-0.2, 0) is 16.1 Å². The molecule has 7 nitrogen and oxygen atoms in total. The van der Waals surface area contributed by atoms with E-state index in [-0.39, 0.29) is 18.3 Å². The third-order valence-corrected chi connectivity index (χ3v) is 4.50. The number of ether oxygens (including phenoxy) is 4. The lowest BCUT2D eigenvalue weighted by atomic mass is 9.79. The molecule has 0 aromatic heterocycles. The number of halogens is 1. The average molecular weight is 375 g/mol. The van der Waals surface area contributed by atoms with Gasteiger partial charge in [0.1, 0.15) is 0 Å². The third kappa shape index (κ3) is 4.68. The highest BCUT2D eigenvalue weighted by molar-refractivity contribution is 5.85. The normalized spacial score (nSPS) is 15.7. The summed E-state index contributed by atoms with van der Waals surface area (Å²) in [5.74, 6) is 1.60. The van der Waals surface area contributed by atoms with Crippen molar-refractivity contribution < 1.29 is 23.7 Å². The number of nitrogens with two attached hydrogens (primary N) is 1. The Hall–Kier alpha value is -1.70. The van der Waals surface area contributed by atoms with Gasteiger partial charge in [-0.3, -0.25) is 4.79 Å². The molecule has 1 fully saturated rings. The van der Waals surface area contributed by atoms with Crippen LogP contribution in [0.2, 0.25) is 0 Å². The fraction of sp³-hybridized carbons (Fsp3) is 0.588. The highest BCUT2D eigenvalue weighted by atomic mass is 35.5. The molecule has 1 aliphatic heterocycles. The SMILES string of the molecule is COc1cc(CNC(=O)C2(CN)CCOCC2)cc(OC)c1OC.Cl. The number of hydrogen-bond donors (Lipinski definition) is 2. The summed E-state index contributed by atoms with van der Waals surface area (Å²) in [6, 6.07) is 3.64. The number of amides is 1. The van der Waals surface area contributed by atoms with Gasteiger partial charge in [-0.25, -0.2) is 0 Å². The van der Waals surface area contributed by atoms with Crippen molar-refractivity contribution in [2.24, 2.45) is 11.1 Å². The van der Waals surface area contributed by atoms with Gasteiger partial charge >= 0.3 is 0 Å². The maximum atomic E-state index is 12.6. The minimum atomic E-state index is -0.543. The summed E-state index contributed by atoms with van der Waals surface area (Å²) in [4.78, 5) is 12.6. The average Bonchev–Trinajstić information content (AvgIpc) is 2.65. The van der Waals surface area contributed by atoms with Crippen molar-refractivity contribution >= 4 is 18.3 Å². The summed E-state index contributed by atoms with van der Waals surface area (Å²) in [5, 5.41) is 2.97. The maximum absolute atomic E-state index is 12.6. The van der Waals surface area contributed by atoms with Crippen LogP contribution in [0.25, 0.3) is 0 Å². The van der Waals surface area contributed by atoms with Gasteiger partial charge in [-0.1, -0.05) is 0 Å². The molecule has 0 atom stereocenters. The molecule has 0 saturated carbocycles. The van der Waals surface area contributed by atoms with Gasteiger partial charge in [-0.05, 0) is 30.5 Å². The van der Waals surface area contributed by atoms with E-state index in [1.807, 2.05) is 12.1 Å².